The molecule has 8 heteroatoms. The second kappa shape index (κ2) is 9.28. The van der Waals surface area contributed by atoms with Crippen molar-refractivity contribution in [3.05, 3.63) is 29.8 Å². The third-order valence-corrected chi connectivity index (χ3v) is 5.98. The number of urea groups is 1. The molecule has 0 unspecified atom stereocenters. The SMILES string of the molecule is CC[C@@H](C)c1ccc(NC(=O)COC(=O)CCN2C(=O)NC3(CCCC3)C2=O)cc1. The Kier molecular flexibility index (Phi) is 6.74. The molecule has 30 heavy (non-hydrogen) atoms. The molecule has 0 aromatic heterocycles. The highest BCUT2D eigenvalue weighted by Gasteiger charge is 2.52. The number of benzene rings is 1. The van der Waals surface area contributed by atoms with Gasteiger partial charge in [0.2, 0.25) is 0 Å². The standard InChI is InChI=1S/C22H29N3O5/c1-3-15(2)16-6-8-17(9-7-16)23-18(26)14-30-19(27)10-13-25-20(28)22(24-21(25)29)11-4-5-12-22/h6-9,15H,3-5,10-14H2,1-2H3,(H,23,26)(H,24,29)/t15-/m1/s1. The third kappa shape index (κ3) is 4.80. The van der Waals surface area contributed by atoms with Crippen molar-refractivity contribution < 1.29 is 23.9 Å². The van der Waals surface area contributed by atoms with Crippen molar-refractivity contribution in [1.29, 1.82) is 0 Å². The van der Waals surface area contributed by atoms with Crippen molar-refractivity contribution in [2.24, 2.45) is 0 Å². The highest BCUT2D eigenvalue weighted by molar-refractivity contribution is 6.07. The summed E-state index contributed by atoms with van der Waals surface area (Å²) in [6.45, 7) is 3.79. The number of nitrogens with zero attached hydrogens (tertiary/aromatic N) is 1. The number of amides is 4. The van der Waals surface area contributed by atoms with Crippen LogP contribution in [0.1, 0.15) is 63.9 Å². The number of nitrogens with one attached hydrogen (secondary N) is 2. The molecule has 0 bridgehead atoms. The summed E-state index contributed by atoms with van der Waals surface area (Å²) in [6.07, 6.45) is 3.96. The van der Waals surface area contributed by atoms with Gasteiger partial charge in [0.05, 0.1) is 6.42 Å². The highest BCUT2D eigenvalue weighted by Crippen LogP contribution is 2.35. The summed E-state index contributed by atoms with van der Waals surface area (Å²) in [7, 11) is 0. The van der Waals surface area contributed by atoms with Crippen molar-refractivity contribution >= 4 is 29.5 Å². The molecule has 1 spiro atoms. The van der Waals surface area contributed by atoms with Crippen LogP contribution in [0.2, 0.25) is 0 Å². The van der Waals surface area contributed by atoms with Crippen molar-refractivity contribution in [3.8, 4) is 0 Å². The first-order valence-corrected chi connectivity index (χ1v) is 10.5. The van der Waals surface area contributed by atoms with Crippen LogP contribution in [0.25, 0.3) is 0 Å². The van der Waals surface area contributed by atoms with E-state index in [0.29, 0.717) is 24.4 Å². The van der Waals surface area contributed by atoms with Gasteiger partial charge >= 0.3 is 12.0 Å². The smallest absolute Gasteiger partial charge is 0.325 e. The lowest BCUT2D eigenvalue weighted by Crippen LogP contribution is -2.44. The summed E-state index contributed by atoms with van der Waals surface area (Å²) in [4.78, 5) is 49.7. The monoisotopic (exact) mass is 415 g/mol. The topological polar surface area (TPSA) is 105 Å². The average Bonchev–Trinajstić information content (AvgIpc) is 3.30. The first-order valence-electron chi connectivity index (χ1n) is 10.5. The maximum atomic E-state index is 12.5. The quantitative estimate of drug-likeness (QED) is 0.502. The van der Waals surface area contributed by atoms with Crippen LogP contribution in [-0.2, 0) is 19.1 Å². The number of imide groups is 1. The largest absolute Gasteiger partial charge is 0.456 e. The molecule has 1 aromatic rings. The molecule has 2 N–H and O–H groups in total. The molecule has 1 saturated carbocycles. The zero-order valence-corrected chi connectivity index (χ0v) is 17.5. The van der Waals surface area contributed by atoms with Crippen LogP contribution >= 0.6 is 0 Å². The van der Waals surface area contributed by atoms with Gasteiger partial charge in [0.25, 0.3) is 11.8 Å². The van der Waals surface area contributed by atoms with Crippen molar-refractivity contribution in [3.63, 3.8) is 0 Å². The van der Waals surface area contributed by atoms with E-state index in [1.54, 1.807) is 0 Å². The van der Waals surface area contributed by atoms with E-state index >= 15 is 0 Å². The molecule has 0 radical (unpaired) electrons. The van der Waals surface area contributed by atoms with Gasteiger partial charge in [0.1, 0.15) is 5.54 Å². The van der Waals surface area contributed by atoms with Gasteiger partial charge < -0.3 is 15.4 Å². The summed E-state index contributed by atoms with van der Waals surface area (Å²) < 4.78 is 4.98. The molecular weight excluding hydrogens is 386 g/mol. The van der Waals surface area contributed by atoms with Gasteiger partial charge in [0.15, 0.2) is 6.61 Å². The molecule has 2 aliphatic rings. The highest BCUT2D eigenvalue weighted by atomic mass is 16.5. The number of rotatable bonds is 8. The molecule has 1 aromatic carbocycles. The summed E-state index contributed by atoms with van der Waals surface area (Å²) >= 11 is 0. The second-order valence-electron chi connectivity index (χ2n) is 8.07. The fourth-order valence-electron chi connectivity index (χ4n) is 3.95. The van der Waals surface area contributed by atoms with Gasteiger partial charge in [-0.25, -0.2) is 4.79 Å². The fourth-order valence-corrected chi connectivity index (χ4v) is 3.95. The molecule has 4 amide bonds. The van der Waals surface area contributed by atoms with Gasteiger partial charge in [-0.15, -0.1) is 0 Å². The van der Waals surface area contributed by atoms with Gasteiger partial charge in [-0.1, -0.05) is 38.8 Å². The first kappa shape index (κ1) is 21.8. The average molecular weight is 415 g/mol. The van der Waals surface area contributed by atoms with Gasteiger partial charge in [0, 0.05) is 12.2 Å². The molecule has 3 rings (SSSR count). The Bertz CT molecular complexity index is 815. The lowest BCUT2D eigenvalue weighted by molar-refractivity contribution is -0.147. The lowest BCUT2D eigenvalue weighted by Gasteiger charge is -2.19. The van der Waals surface area contributed by atoms with E-state index in [2.05, 4.69) is 24.5 Å². The molecule has 162 valence electrons. The molecule has 1 heterocycles. The van der Waals surface area contributed by atoms with Crippen LogP contribution in [0.5, 0.6) is 0 Å². The summed E-state index contributed by atoms with van der Waals surface area (Å²) in [6, 6.07) is 7.10. The zero-order chi connectivity index (χ0) is 21.7. The maximum Gasteiger partial charge on any atom is 0.325 e. The van der Waals surface area contributed by atoms with E-state index in [4.69, 9.17) is 4.74 Å². The van der Waals surface area contributed by atoms with Crippen LogP contribution in [0.3, 0.4) is 0 Å². The Morgan fingerprint density at radius 2 is 1.87 bits per heavy atom. The molecule has 2 fully saturated rings. The van der Waals surface area contributed by atoms with Crippen molar-refractivity contribution in [1.82, 2.24) is 10.2 Å². The van der Waals surface area contributed by atoms with Crippen LogP contribution in [0.15, 0.2) is 24.3 Å². The predicted molar refractivity (Wildman–Crippen MR) is 111 cm³/mol. The zero-order valence-electron chi connectivity index (χ0n) is 17.5. The lowest BCUT2D eigenvalue weighted by atomic mass is 9.98. The molecule has 1 saturated heterocycles. The van der Waals surface area contributed by atoms with Crippen molar-refractivity contribution in [2.45, 2.75) is 63.8 Å². The van der Waals surface area contributed by atoms with Crippen LogP contribution in [0.4, 0.5) is 10.5 Å². The van der Waals surface area contributed by atoms with Crippen LogP contribution in [-0.4, -0.2) is 47.4 Å². The summed E-state index contributed by atoms with van der Waals surface area (Å²) in [5.74, 6) is -0.898. The Morgan fingerprint density at radius 1 is 1.20 bits per heavy atom. The van der Waals surface area contributed by atoms with Crippen LogP contribution in [0, 0.1) is 0 Å². The number of carbonyl (C=O) groups is 4. The molecule has 1 aliphatic carbocycles. The molecular formula is C22H29N3O5. The number of esters is 1. The molecule has 1 aliphatic heterocycles. The van der Waals surface area contributed by atoms with E-state index in [1.807, 2.05) is 24.3 Å². The van der Waals surface area contributed by atoms with E-state index in [1.165, 1.54) is 5.56 Å². The molecule has 8 nitrogen and oxygen atoms in total. The van der Waals surface area contributed by atoms with E-state index in [-0.39, 0.29) is 18.9 Å². The minimum absolute atomic E-state index is 0.0516. The Labute approximate surface area is 176 Å². The fraction of sp³-hybridized carbons (Fsp3) is 0.545. The number of carbonyl (C=O) groups excluding carboxylic acids is 4. The summed E-state index contributed by atoms with van der Waals surface area (Å²) in [5, 5.41) is 5.45. The van der Waals surface area contributed by atoms with E-state index in [9.17, 15) is 19.2 Å². The predicted octanol–water partition coefficient (Wildman–Crippen LogP) is 2.94. The number of hydrogen-bond donors (Lipinski definition) is 2. The number of ether oxygens (including phenoxy) is 1. The minimum atomic E-state index is -0.786. The molecule has 1 atom stereocenters. The Hall–Kier alpha value is -2.90. The van der Waals surface area contributed by atoms with Gasteiger partial charge in [-0.2, -0.15) is 0 Å². The van der Waals surface area contributed by atoms with Gasteiger partial charge in [-0.05, 0) is 42.9 Å². The van der Waals surface area contributed by atoms with Crippen molar-refractivity contribution in [2.75, 3.05) is 18.5 Å². The third-order valence-electron chi connectivity index (χ3n) is 5.98. The maximum absolute atomic E-state index is 12.5. The Balaban J connectivity index is 1.41. The number of hydrogen-bond acceptors (Lipinski definition) is 5. The second-order valence-corrected chi connectivity index (χ2v) is 8.07. The first-order chi connectivity index (χ1) is 14.3. The normalized spacial score (nSPS) is 18.4. The van der Waals surface area contributed by atoms with E-state index in [0.717, 1.165) is 24.2 Å². The van der Waals surface area contributed by atoms with E-state index < -0.39 is 30.1 Å². The minimum Gasteiger partial charge on any atom is -0.456 e. The van der Waals surface area contributed by atoms with Gasteiger partial charge in [-0.3, -0.25) is 19.3 Å². The Morgan fingerprint density at radius 3 is 2.50 bits per heavy atom. The number of anilines is 1. The van der Waals surface area contributed by atoms with Crippen LogP contribution < -0.4 is 10.6 Å². The summed E-state index contributed by atoms with van der Waals surface area (Å²) in [5.41, 5.74) is 1.04.